The number of amides is 1. The average molecular weight is 388 g/mol. The van der Waals surface area contributed by atoms with Crippen molar-refractivity contribution >= 4 is 45.2 Å². The van der Waals surface area contributed by atoms with Crippen molar-refractivity contribution in [3.63, 3.8) is 0 Å². The van der Waals surface area contributed by atoms with Crippen molar-refractivity contribution in [3.8, 4) is 5.88 Å². The number of aromatic hydroxyl groups is 1. The van der Waals surface area contributed by atoms with Gasteiger partial charge in [0, 0.05) is 23.0 Å². The third-order valence-electron chi connectivity index (χ3n) is 3.99. The molecule has 130 valence electrons. The van der Waals surface area contributed by atoms with Crippen LogP contribution >= 0.6 is 22.9 Å². The topological polar surface area (TPSA) is 65.8 Å². The molecule has 8 heteroatoms. The van der Waals surface area contributed by atoms with E-state index >= 15 is 0 Å². The molecule has 1 amide bonds. The SMILES string of the molecule is CN(c1ccc(Cl)cc1)c1nc(O)c(C2=c3cc(F)ccc3=NC2=O)s1. The van der Waals surface area contributed by atoms with E-state index in [-0.39, 0.29) is 16.3 Å². The predicted octanol–water partition coefficient (Wildman–Crippen LogP) is 2.77. The van der Waals surface area contributed by atoms with Crippen LogP contribution in [-0.2, 0) is 4.79 Å². The van der Waals surface area contributed by atoms with Crippen LogP contribution < -0.4 is 15.5 Å². The van der Waals surface area contributed by atoms with Gasteiger partial charge in [0.1, 0.15) is 10.7 Å². The van der Waals surface area contributed by atoms with Gasteiger partial charge in [0.2, 0.25) is 5.88 Å². The number of anilines is 2. The van der Waals surface area contributed by atoms with Crippen LogP contribution in [0, 0.1) is 5.82 Å². The average Bonchev–Trinajstić information content (AvgIpc) is 3.13. The van der Waals surface area contributed by atoms with Crippen LogP contribution in [-0.4, -0.2) is 23.0 Å². The molecule has 0 unspecified atom stereocenters. The molecular weight excluding hydrogens is 377 g/mol. The Morgan fingerprint density at radius 2 is 1.92 bits per heavy atom. The van der Waals surface area contributed by atoms with Gasteiger partial charge in [0.25, 0.3) is 5.91 Å². The molecule has 1 N–H and O–H groups in total. The second-order valence-electron chi connectivity index (χ2n) is 5.64. The lowest BCUT2D eigenvalue weighted by atomic mass is 10.1. The minimum absolute atomic E-state index is 0.158. The first-order chi connectivity index (χ1) is 12.4. The minimum atomic E-state index is -0.523. The number of rotatable bonds is 3. The summed E-state index contributed by atoms with van der Waals surface area (Å²) < 4.78 is 13.6. The zero-order valence-electron chi connectivity index (χ0n) is 13.4. The van der Waals surface area contributed by atoms with Crippen LogP contribution in [0.15, 0.2) is 47.5 Å². The van der Waals surface area contributed by atoms with E-state index in [0.717, 1.165) is 17.0 Å². The van der Waals surface area contributed by atoms with Gasteiger partial charge in [-0.15, -0.1) is 0 Å². The highest BCUT2D eigenvalue weighted by molar-refractivity contribution is 7.17. The molecule has 4 rings (SSSR count). The van der Waals surface area contributed by atoms with Crippen LogP contribution in [0.5, 0.6) is 5.88 Å². The molecule has 1 aromatic heterocycles. The van der Waals surface area contributed by atoms with Crippen molar-refractivity contribution in [2.75, 3.05) is 11.9 Å². The fourth-order valence-electron chi connectivity index (χ4n) is 2.69. The maximum Gasteiger partial charge on any atom is 0.279 e. The molecule has 1 aliphatic heterocycles. The molecule has 0 atom stereocenters. The standard InChI is InChI=1S/C18H11ClFN3O2S/c1-23(11-5-2-9(19)3-6-11)18-22-17(25)15(26-18)14-12-8-10(20)4-7-13(12)21-16(14)24/h2-8,25H,1H3. The molecule has 2 heterocycles. The van der Waals surface area contributed by atoms with Gasteiger partial charge >= 0.3 is 0 Å². The number of aromatic nitrogens is 1. The molecule has 0 saturated heterocycles. The third-order valence-corrected chi connectivity index (χ3v) is 5.38. The molecular formula is C18H11ClFN3O2S. The molecule has 0 saturated carbocycles. The fourth-order valence-corrected chi connectivity index (χ4v) is 3.81. The van der Waals surface area contributed by atoms with Gasteiger partial charge in [-0.25, -0.2) is 9.38 Å². The summed E-state index contributed by atoms with van der Waals surface area (Å²) in [5, 5.41) is 12.1. The molecule has 0 bridgehead atoms. The molecule has 0 radical (unpaired) electrons. The molecule has 2 aromatic carbocycles. The van der Waals surface area contributed by atoms with Gasteiger partial charge in [-0.05, 0) is 42.5 Å². The van der Waals surface area contributed by atoms with Gasteiger partial charge < -0.3 is 10.0 Å². The lowest BCUT2D eigenvalue weighted by molar-refractivity contribution is -0.112. The summed E-state index contributed by atoms with van der Waals surface area (Å²) in [5.41, 5.74) is 0.971. The summed E-state index contributed by atoms with van der Waals surface area (Å²) in [6.07, 6.45) is 0. The smallest absolute Gasteiger partial charge is 0.279 e. The number of halogens is 2. The van der Waals surface area contributed by atoms with Crippen molar-refractivity contribution in [1.29, 1.82) is 0 Å². The van der Waals surface area contributed by atoms with Gasteiger partial charge in [-0.1, -0.05) is 22.9 Å². The number of carbonyl (C=O) groups excluding carboxylic acids is 1. The largest absolute Gasteiger partial charge is 0.492 e. The second kappa shape index (κ2) is 6.19. The van der Waals surface area contributed by atoms with E-state index in [1.807, 2.05) is 12.1 Å². The molecule has 3 aromatic rings. The molecule has 0 fully saturated rings. The summed E-state index contributed by atoms with van der Waals surface area (Å²) >= 11 is 7.03. The highest BCUT2D eigenvalue weighted by Crippen LogP contribution is 2.37. The Kier molecular flexibility index (Phi) is 3.97. The zero-order chi connectivity index (χ0) is 18.4. The maximum atomic E-state index is 13.6. The molecule has 0 spiro atoms. The minimum Gasteiger partial charge on any atom is -0.492 e. The molecule has 26 heavy (non-hydrogen) atoms. The molecule has 1 aliphatic rings. The highest BCUT2D eigenvalue weighted by atomic mass is 35.5. The normalized spacial score (nSPS) is 12.9. The number of hydrogen-bond donors (Lipinski definition) is 1. The zero-order valence-corrected chi connectivity index (χ0v) is 15.0. The first-order valence-electron chi connectivity index (χ1n) is 7.56. The predicted molar refractivity (Wildman–Crippen MR) is 98.0 cm³/mol. The van der Waals surface area contributed by atoms with E-state index in [1.165, 1.54) is 18.2 Å². The third kappa shape index (κ3) is 2.75. The number of hydrogen-bond acceptors (Lipinski definition) is 5. The quantitative estimate of drug-likeness (QED) is 0.750. The second-order valence-corrected chi connectivity index (χ2v) is 7.05. The van der Waals surface area contributed by atoms with Gasteiger partial charge in [0.15, 0.2) is 5.13 Å². The van der Waals surface area contributed by atoms with Crippen LogP contribution in [0.25, 0.3) is 5.57 Å². The number of fused-ring (bicyclic) bond motifs is 1. The van der Waals surface area contributed by atoms with Crippen LogP contribution in [0.3, 0.4) is 0 Å². The molecule has 5 nitrogen and oxygen atoms in total. The van der Waals surface area contributed by atoms with E-state index in [1.54, 1.807) is 24.1 Å². The van der Waals surface area contributed by atoms with Crippen LogP contribution in [0.4, 0.5) is 15.2 Å². The van der Waals surface area contributed by atoms with E-state index in [9.17, 15) is 14.3 Å². The number of carbonyl (C=O) groups is 1. The molecule has 0 aliphatic carbocycles. The van der Waals surface area contributed by atoms with Crippen molar-refractivity contribution in [1.82, 2.24) is 4.98 Å². The van der Waals surface area contributed by atoms with Gasteiger partial charge in [-0.2, -0.15) is 4.98 Å². The van der Waals surface area contributed by atoms with Crippen LogP contribution in [0.1, 0.15) is 4.88 Å². The Morgan fingerprint density at radius 1 is 1.19 bits per heavy atom. The fraction of sp³-hybridized carbons (Fsp3) is 0.0556. The lowest BCUT2D eigenvalue weighted by Crippen LogP contribution is -2.23. The van der Waals surface area contributed by atoms with Crippen molar-refractivity contribution in [2.24, 2.45) is 4.99 Å². The van der Waals surface area contributed by atoms with E-state index < -0.39 is 11.7 Å². The van der Waals surface area contributed by atoms with Crippen molar-refractivity contribution < 1.29 is 14.3 Å². The summed E-state index contributed by atoms with van der Waals surface area (Å²) in [6, 6.07) is 11.0. The number of thiazole rings is 1. The number of benzene rings is 2. The summed E-state index contributed by atoms with van der Waals surface area (Å²) in [5.74, 6) is -1.29. The monoisotopic (exact) mass is 387 g/mol. The van der Waals surface area contributed by atoms with Crippen molar-refractivity contribution in [3.05, 3.63) is 68.8 Å². The summed E-state index contributed by atoms with van der Waals surface area (Å²) in [6.45, 7) is 0. The summed E-state index contributed by atoms with van der Waals surface area (Å²) in [4.78, 5) is 22.4. The Bertz CT molecular complexity index is 1160. The van der Waals surface area contributed by atoms with Gasteiger partial charge in [0.05, 0.1) is 10.9 Å². The van der Waals surface area contributed by atoms with E-state index in [4.69, 9.17) is 11.6 Å². The lowest BCUT2D eigenvalue weighted by Gasteiger charge is -2.15. The van der Waals surface area contributed by atoms with Crippen molar-refractivity contribution in [2.45, 2.75) is 0 Å². The Balaban J connectivity index is 1.83. The van der Waals surface area contributed by atoms with Gasteiger partial charge in [-0.3, -0.25) is 4.79 Å². The Hall–Kier alpha value is -2.77. The Morgan fingerprint density at radius 3 is 2.65 bits per heavy atom. The summed E-state index contributed by atoms with van der Waals surface area (Å²) in [7, 11) is 1.78. The number of nitrogens with zero attached hydrogens (tertiary/aromatic N) is 3. The maximum absolute atomic E-state index is 13.6. The van der Waals surface area contributed by atoms with Crippen LogP contribution in [0.2, 0.25) is 5.02 Å². The first kappa shape index (κ1) is 16.7. The Labute approximate surface area is 156 Å². The highest BCUT2D eigenvalue weighted by Gasteiger charge is 2.26. The van der Waals surface area contributed by atoms with E-state index in [2.05, 4.69) is 9.98 Å². The first-order valence-corrected chi connectivity index (χ1v) is 8.76. The van der Waals surface area contributed by atoms with E-state index in [0.29, 0.717) is 20.7 Å².